The van der Waals surface area contributed by atoms with Crippen LogP contribution in [-0.4, -0.2) is 40.9 Å². The van der Waals surface area contributed by atoms with Crippen LogP contribution in [0.25, 0.3) is 0 Å². The average molecular weight is 264 g/mol. The fourth-order valence-corrected chi connectivity index (χ4v) is 2.75. The number of nitrogens with zero attached hydrogens (tertiary/aromatic N) is 3. The zero-order valence-electron chi connectivity index (χ0n) is 12.6. The standard InChI is InChI=1S/C15H28N4/c1-4-18(10-14-6-5-7-16-8-14)11-15-9-17-19(12-15)13(2)3/h9,12-14,16H,4-8,10-11H2,1-3H3. The molecule has 1 aromatic heterocycles. The average Bonchev–Trinajstić information content (AvgIpc) is 2.88. The van der Waals surface area contributed by atoms with Gasteiger partial charge < -0.3 is 5.32 Å². The molecule has 0 spiro atoms. The van der Waals surface area contributed by atoms with Crippen molar-refractivity contribution in [2.45, 2.75) is 46.2 Å². The van der Waals surface area contributed by atoms with Crippen molar-refractivity contribution < 1.29 is 0 Å². The molecule has 1 aromatic rings. The fraction of sp³-hybridized carbons (Fsp3) is 0.800. The summed E-state index contributed by atoms with van der Waals surface area (Å²) in [5.74, 6) is 0.814. The molecule has 1 unspecified atom stereocenters. The fourth-order valence-electron chi connectivity index (χ4n) is 2.75. The molecular weight excluding hydrogens is 236 g/mol. The van der Waals surface area contributed by atoms with E-state index >= 15 is 0 Å². The molecule has 1 aliphatic rings. The van der Waals surface area contributed by atoms with Crippen LogP contribution in [0.5, 0.6) is 0 Å². The van der Waals surface area contributed by atoms with Crippen LogP contribution in [0.15, 0.2) is 12.4 Å². The lowest BCUT2D eigenvalue weighted by molar-refractivity contribution is 0.209. The minimum atomic E-state index is 0.450. The van der Waals surface area contributed by atoms with Crippen LogP contribution in [0.3, 0.4) is 0 Å². The molecule has 0 amide bonds. The minimum Gasteiger partial charge on any atom is -0.316 e. The summed E-state index contributed by atoms with van der Waals surface area (Å²) >= 11 is 0. The van der Waals surface area contributed by atoms with Gasteiger partial charge in [-0.05, 0) is 52.2 Å². The van der Waals surface area contributed by atoms with Crippen molar-refractivity contribution in [2.75, 3.05) is 26.2 Å². The van der Waals surface area contributed by atoms with E-state index in [0.29, 0.717) is 6.04 Å². The summed E-state index contributed by atoms with van der Waals surface area (Å²) in [6.07, 6.45) is 6.90. The third kappa shape index (κ3) is 4.32. The van der Waals surface area contributed by atoms with Crippen molar-refractivity contribution in [1.82, 2.24) is 20.0 Å². The van der Waals surface area contributed by atoms with Crippen molar-refractivity contribution in [1.29, 1.82) is 0 Å². The van der Waals surface area contributed by atoms with Gasteiger partial charge in [-0.2, -0.15) is 5.10 Å². The molecule has 19 heavy (non-hydrogen) atoms. The molecule has 1 fully saturated rings. The van der Waals surface area contributed by atoms with Crippen LogP contribution in [0, 0.1) is 5.92 Å². The highest BCUT2D eigenvalue weighted by Gasteiger charge is 2.16. The zero-order chi connectivity index (χ0) is 13.7. The Hall–Kier alpha value is -0.870. The van der Waals surface area contributed by atoms with Crippen molar-refractivity contribution in [3.05, 3.63) is 18.0 Å². The van der Waals surface area contributed by atoms with Gasteiger partial charge in [-0.25, -0.2) is 0 Å². The van der Waals surface area contributed by atoms with Crippen molar-refractivity contribution in [2.24, 2.45) is 5.92 Å². The van der Waals surface area contributed by atoms with E-state index in [4.69, 9.17) is 0 Å². The van der Waals surface area contributed by atoms with Crippen molar-refractivity contribution in [3.63, 3.8) is 0 Å². The molecule has 1 N–H and O–H groups in total. The van der Waals surface area contributed by atoms with E-state index in [9.17, 15) is 0 Å². The second-order valence-electron chi connectivity index (χ2n) is 5.96. The topological polar surface area (TPSA) is 33.1 Å². The van der Waals surface area contributed by atoms with Gasteiger partial charge in [-0.15, -0.1) is 0 Å². The largest absolute Gasteiger partial charge is 0.316 e. The lowest BCUT2D eigenvalue weighted by Gasteiger charge is -2.29. The van der Waals surface area contributed by atoms with Gasteiger partial charge in [0.05, 0.1) is 6.20 Å². The molecule has 2 heterocycles. The summed E-state index contributed by atoms with van der Waals surface area (Å²) in [4.78, 5) is 2.54. The van der Waals surface area contributed by atoms with Crippen LogP contribution in [-0.2, 0) is 6.54 Å². The Morgan fingerprint density at radius 1 is 1.53 bits per heavy atom. The van der Waals surface area contributed by atoms with Gasteiger partial charge in [0.25, 0.3) is 0 Å². The van der Waals surface area contributed by atoms with Gasteiger partial charge in [0.15, 0.2) is 0 Å². The summed E-state index contributed by atoms with van der Waals surface area (Å²) in [5, 5.41) is 7.93. The van der Waals surface area contributed by atoms with Gasteiger partial charge in [0, 0.05) is 30.9 Å². The second-order valence-corrected chi connectivity index (χ2v) is 5.96. The normalized spacial score (nSPS) is 20.4. The summed E-state index contributed by atoms with van der Waals surface area (Å²) in [7, 11) is 0. The Kier molecular flexibility index (Phi) is 5.40. The molecule has 1 aliphatic heterocycles. The number of nitrogens with one attached hydrogen (secondary N) is 1. The Morgan fingerprint density at radius 2 is 2.37 bits per heavy atom. The maximum atomic E-state index is 4.43. The van der Waals surface area contributed by atoms with E-state index in [0.717, 1.165) is 19.0 Å². The Labute approximate surface area is 117 Å². The van der Waals surface area contributed by atoms with Crippen LogP contribution in [0.2, 0.25) is 0 Å². The molecule has 0 radical (unpaired) electrons. The lowest BCUT2D eigenvalue weighted by atomic mass is 9.99. The number of aromatic nitrogens is 2. The first-order chi connectivity index (χ1) is 9.19. The predicted molar refractivity (Wildman–Crippen MR) is 79.2 cm³/mol. The third-order valence-corrected chi connectivity index (χ3v) is 3.95. The number of hydrogen-bond acceptors (Lipinski definition) is 3. The number of hydrogen-bond donors (Lipinski definition) is 1. The lowest BCUT2D eigenvalue weighted by Crippen LogP contribution is -2.38. The van der Waals surface area contributed by atoms with Gasteiger partial charge in [0.1, 0.15) is 0 Å². The molecule has 4 nitrogen and oxygen atoms in total. The molecular formula is C15H28N4. The van der Waals surface area contributed by atoms with E-state index in [1.807, 2.05) is 10.9 Å². The van der Waals surface area contributed by atoms with Gasteiger partial charge >= 0.3 is 0 Å². The maximum Gasteiger partial charge on any atom is 0.0534 e. The molecule has 0 saturated carbocycles. The van der Waals surface area contributed by atoms with Gasteiger partial charge in [0.2, 0.25) is 0 Å². The predicted octanol–water partition coefficient (Wildman–Crippen LogP) is 2.29. The van der Waals surface area contributed by atoms with E-state index in [2.05, 4.69) is 42.3 Å². The highest BCUT2D eigenvalue weighted by molar-refractivity contribution is 5.04. The molecule has 0 aromatic carbocycles. The summed E-state index contributed by atoms with van der Waals surface area (Å²) in [5.41, 5.74) is 1.33. The molecule has 1 atom stereocenters. The Bertz CT molecular complexity index is 366. The summed E-state index contributed by atoms with van der Waals surface area (Å²) < 4.78 is 2.05. The molecule has 0 bridgehead atoms. The minimum absolute atomic E-state index is 0.450. The Balaban J connectivity index is 1.86. The van der Waals surface area contributed by atoms with E-state index < -0.39 is 0 Å². The third-order valence-electron chi connectivity index (χ3n) is 3.95. The summed E-state index contributed by atoms with van der Waals surface area (Å²) in [6.45, 7) is 12.3. The maximum absolute atomic E-state index is 4.43. The van der Waals surface area contributed by atoms with Crippen LogP contribution in [0.1, 0.15) is 45.2 Å². The molecule has 1 saturated heterocycles. The molecule has 4 heteroatoms. The first-order valence-corrected chi connectivity index (χ1v) is 7.65. The number of rotatable bonds is 6. The van der Waals surface area contributed by atoms with Crippen LogP contribution >= 0.6 is 0 Å². The number of piperidine rings is 1. The summed E-state index contributed by atoms with van der Waals surface area (Å²) in [6, 6.07) is 0.450. The molecule has 2 rings (SSSR count). The van der Waals surface area contributed by atoms with Gasteiger partial charge in [-0.1, -0.05) is 6.92 Å². The first-order valence-electron chi connectivity index (χ1n) is 7.65. The quantitative estimate of drug-likeness (QED) is 0.856. The van der Waals surface area contributed by atoms with E-state index in [1.54, 1.807) is 0 Å². The second kappa shape index (κ2) is 7.06. The van der Waals surface area contributed by atoms with E-state index in [1.165, 1.54) is 38.0 Å². The highest BCUT2D eigenvalue weighted by Crippen LogP contribution is 2.14. The monoisotopic (exact) mass is 264 g/mol. The van der Waals surface area contributed by atoms with Crippen molar-refractivity contribution in [3.8, 4) is 0 Å². The smallest absolute Gasteiger partial charge is 0.0534 e. The molecule has 0 aliphatic carbocycles. The zero-order valence-corrected chi connectivity index (χ0v) is 12.6. The van der Waals surface area contributed by atoms with Crippen LogP contribution < -0.4 is 5.32 Å². The van der Waals surface area contributed by atoms with Crippen molar-refractivity contribution >= 4 is 0 Å². The molecule has 108 valence electrons. The first kappa shape index (κ1) is 14.5. The Morgan fingerprint density at radius 3 is 2.95 bits per heavy atom. The SMILES string of the molecule is CCN(Cc1cnn(C(C)C)c1)CC1CCCNC1. The van der Waals surface area contributed by atoms with Gasteiger partial charge in [-0.3, -0.25) is 9.58 Å². The highest BCUT2D eigenvalue weighted by atomic mass is 15.3. The van der Waals surface area contributed by atoms with E-state index in [-0.39, 0.29) is 0 Å². The van der Waals surface area contributed by atoms with Crippen LogP contribution in [0.4, 0.5) is 0 Å².